The molecule has 1 spiro atoms. The maximum atomic E-state index is 13.6. The number of hydrogen-bond acceptors (Lipinski definition) is 4. The minimum Gasteiger partial charge on any atom is -0.356 e. The highest BCUT2D eigenvalue weighted by Crippen LogP contribution is 2.42. The highest BCUT2D eigenvalue weighted by molar-refractivity contribution is 6.01. The summed E-state index contributed by atoms with van der Waals surface area (Å²) >= 11 is 0. The van der Waals surface area contributed by atoms with E-state index >= 15 is 0 Å². The van der Waals surface area contributed by atoms with Crippen LogP contribution >= 0.6 is 0 Å². The topological polar surface area (TPSA) is 82.7 Å². The number of nitrogens with zero attached hydrogens (tertiary/aromatic N) is 2. The number of aromatic amines is 1. The van der Waals surface area contributed by atoms with Gasteiger partial charge in [-0.1, -0.05) is 12.1 Å². The second kappa shape index (κ2) is 5.48. The molecule has 1 aromatic carbocycles. The molecule has 0 atom stereocenters. The molecule has 0 saturated carbocycles. The van der Waals surface area contributed by atoms with Crippen molar-refractivity contribution in [2.45, 2.75) is 18.3 Å². The van der Waals surface area contributed by atoms with Crippen LogP contribution in [0.15, 0.2) is 30.5 Å². The summed E-state index contributed by atoms with van der Waals surface area (Å²) in [6.45, 7) is 2.35. The van der Waals surface area contributed by atoms with Gasteiger partial charge in [-0.25, -0.2) is 14.4 Å². The van der Waals surface area contributed by atoms with E-state index in [1.807, 2.05) is 6.20 Å². The molecule has 1 amide bonds. The maximum Gasteiger partial charge on any atom is 0.253 e. The van der Waals surface area contributed by atoms with E-state index in [4.69, 9.17) is 4.98 Å². The van der Waals surface area contributed by atoms with Crippen molar-refractivity contribution >= 4 is 5.91 Å². The Morgan fingerprint density at radius 1 is 1.14 bits per heavy atom. The maximum absolute atomic E-state index is 13.6. The summed E-state index contributed by atoms with van der Waals surface area (Å²) in [5.41, 5.74) is 6.22. The zero-order valence-corrected chi connectivity index (χ0v) is 15.1. The Morgan fingerprint density at radius 2 is 2.04 bits per heavy atom. The molecular formula is C21H18FN5O. The first-order chi connectivity index (χ1) is 13.6. The van der Waals surface area contributed by atoms with Crippen LogP contribution in [0.25, 0.3) is 22.8 Å². The summed E-state index contributed by atoms with van der Waals surface area (Å²) in [6, 6.07) is 6.30. The minimum absolute atomic E-state index is 0.00659. The summed E-state index contributed by atoms with van der Waals surface area (Å²) in [5, 5.41) is 6.39. The lowest BCUT2D eigenvalue weighted by molar-refractivity contribution is 0.0905. The minimum atomic E-state index is -0.314. The number of carbonyl (C=O) groups excluding carboxylic acids is 1. The monoisotopic (exact) mass is 375 g/mol. The second-order valence-electron chi connectivity index (χ2n) is 7.87. The molecule has 6 nitrogen and oxygen atoms in total. The van der Waals surface area contributed by atoms with Gasteiger partial charge in [0.1, 0.15) is 5.82 Å². The van der Waals surface area contributed by atoms with E-state index in [0.29, 0.717) is 17.9 Å². The SMILES string of the molecule is O=C1NCC2(CNC2)c2[nH]c3c(c21)CCc1cnc(-c2cccc(F)c2)nc1-3. The van der Waals surface area contributed by atoms with E-state index in [0.717, 1.165) is 59.7 Å². The fraction of sp³-hybridized carbons (Fsp3) is 0.286. The summed E-state index contributed by atoms with van der Waals surface area (Å²) in [7, 11) is 0. The Kier molecular flexibility index (Phi) is 3.12. The Balaban J connectivity index is 1.54. The fourth-order valence-electron chi connectivity index (χ4n) is 4.63. The van der Waals surface area contributed by atoms with Crippen molar-refractivity contribution in [1.29, 1.82) is 0 Å². The summed E-state index contributed by atoms with van der Waals surface area (Å²) < 4.78 is 13.6. The molecule has 1 saturated heterocycles. The van der Waals surface area contributed by atoms with Gasteiger partial charge in [-0.05, 0) is 36.1 Å². The summed E-state index contributed by atoms with van der Waals surface area (Å²) in [5.74, 6) is 0.168. The highest BCUT2D eigenvalue weighted by Gasteiger charge is 2.47. The van der Waals surface area contributed by atoms with Crippen LogP contribution in [0.1, 0.15) is 27.2 Å². The normalized spacial score (nSPS) is 18.7. The fourth-order valence-corrected chi connectivity index (χ4v) is 4.63. The van der Waals surface area contributed by atoms with Gasteiger partial charge in [-0.3, -0.25) is 4.79 Å². The van der Waals surface area contributed by atoms with Crippen molar-refractivity contribution in [3.8, 4) is 22.8 Å². The van der Waals surface area contributed by atoms with Gasteiger partial charge in [0.25, 0.3) is 5.91 Å². The first kappa shape index (κ1) is 15.9. The zero-order chi connectivity index (χ0) is 18.9. The molecule has 1 aliphatic carbocycles. The van der Waals surface area contributed by atoms with E-state index in [2.05, 4.69) is 20.6 Å². The van der Waals surface area contributed by atoms with Gasteiger partial charge in [-0.2, -0.15) is 0 Å². The van der Waals surface area contributed by atoms with Crippen LogP contribution in [0.5, 0.6) is 0 Å². The number of aryl methyl sites for hydroxylation is 1. The lowest BCUT2D eigenvalue weighted by Crippen LogP contribution is -2.64. The summed E-state index contributed by atoms with van der Waals surface area (Å²) in [6.07, 6.45) is 3.40. The smallest absolute Gasteiger partial charge is 0.253 e. The number of nitrogens with one attached hydrogen (secondary N) is 3. The Bertz CT molecular complexity index is 1150. The number of rotatable bonds is 1. The van der Waals surface area contributed by atoms with E-state index in [9.17, 15) is 9.18 Å². The molecule has 0 bridgehead atoms. The van der Waals surface area contributed by atoms with Crippen LogP contribution < -0.4 is 10.6 Å². The van der Waals surface area contributed by atoms with Crippen LogP contribution in [0.2, 0.25) is 0 Å². The molecule has 3 N–H and O–H groups in total. The number of benzene rings is 1. The largest absolute Gasteiger partial charge is 0.356 e. The van der Waals surface area contributed by atoms with E-state index < -0.39 is 0 Å². The molecule has 0 radical (unpaired) electrons. The molecule has 6 rings (SSSR count). The number of fused-ring (bicyclic) bond motifs is 6. The first-order valence-corrected chi connectivity index (χ1v) is 9.51. The second-order valence-corrected chi connectivity index (χ2v) is 7.87. The van der Waals surface area contributed by atoms with Crippen LogP contribution in [-0.2, 0) is 18.3 Å². The molecule has 7 heteroatoms. The Hall–Kier alpha value is -3.06. The molecular weight excluding hydrogens is 357 g/mol. The van der Waals surface area contributed by atoms with Gasteiger partial charge >= 0.3 is 0 Å². The van der Waals surface area contributed by atoms with Crippen molar-refractivity contribution in [1.82, 2.24) is 25.6 Å². The van der Waals surface area contributed by atoms with Crippen molar-refractivity contribution in [2.24, 2.45) is 0 Å². The van der Waals surface area contributed by atoms with Crippen LogP contribution in [0.4, 0.5) is 4.39 Å². The lowest BCUT2D eigenvalue weighted by atomic mass is 9.74. The molecule has 2 aliphatic heterocycles. The number of aromatic nitrogens is 3. The van der Waals surface area contributed by atoms with Crippen LogP contribution in [-0.4, -0.2) is 40.5 Å². The van der Waals surface area contributed by atoms with E-state index in [1.54, 1.807) is 12.1 Å². The standard InChI is InChI=1S/C21H18FN5O/c22-13-3-1-2-11(6-13)19-24-7-12-4-5-14-15-18(26-17(14)16(12)27-19)21(8-23-9-21)10-25-20(15)28/h1-3,6-7,23,26H,4-5,8-10H2,(H,25,28). The van der Waals surface area contributed by atoms with Gasteiger partial charge in [0.15, 0.2) is 5.82 Å². The van der Waals surface area contributed by atoms with Crippen molar-refractivity contribution < 1.29 is 9.18 Å². The van der Waals surface area contributed by atoms with Gasteiger partial charge in [0.05, 0.1) is 22.4 Å². The summed E-state index contributed by atoms with van der Waals surface area (Å²) in [4.78, 5) is 25.4. The number of hydrogen-bond donors (Lipinski definition) is 3. The van der Waals surface area contributed by atoms with Crippen LogP contribution in [0.3, 0.4) is 0 Å². The highest BCUT2D eigenvalue weighted by atomic mass is 19.1. The van der Waals surface area contributed by atoms with E-state index in [-0.39, 0.29) is 17.1 Å². The quantitative estimate of drug-likeness (QED) is 0.607. The molecule has 1 fully saturated rings. The van der Waals surface area contributed by atoms with E-state index in [1.165, 1.54) is 12.1 Å². The molecule has 4 heterocycles. The average Bonchev–Trinajstić information content (AvgIpc) is 3.08. The molecule has 3 aromatic rings. The van der Waals surface area contributed by atoms with Crippen molar-refractivity contribution in [2.75, 3.05) is 19.6 Å². The number of amides is 1. The third-order valence-electron chi connectivity index (χ3n) is 6.20. The predicted octanol–water partition coefficient (Wildman–Crippen LogP) is 1.96. The van der Waals surface area contributed by atoms with Crippen molar-refractivity contribution in [3.63, 3.8) is 0 Å². The third-order valence-corrected chi connectivity index (χ3v) is 6.20. The van der Waals surface area contributed by atoms with Crippen LogP contribution in [0, 0.1) is 5.82 Å². The zero-order valence-electron chi connectivity index (χ0n) is 15.1. The molecule has 2 aromatic heterocycles. The molecule has 0 unspecified atom stereocenters. The van der Waals surface area contributed by atoms with Crippen molar-refractivity contribution in [3.05, 3.63) is 58.7 Å². The van der Waals surface area contributed by atoms with Gasteiger partial charge in [0, 0.05) is 37.1 Å². The molecule has 28 heavy (non-hydrogen) atoms. The Morgan fingerprint density at radius 3 is 2.82 bits per heavy atom. The lowest BCUT2D eigenvalue weighted by Gasteiger charge is -2.45. The van der Waals surface area contributed by atoms with Gasteiger partial charge in [0.2, 0.25) is 0 Å². The number of halogens is 1. The predicted molar refractivity (Wildman–Crippen MR) is 102 cm³/mol. The Labute approximate surface area is 160 Å². The third kappa shape index (κ3) is 2.08. The van der Waals surface area contributed by atoms with Gasteiger partial charge in [-0.15, -0.1) is 0 Å². The number of H-pyrrole nitrogens is 1. The molecule has 3 aliphatic rings. The first-order valence-electron chi connectivity index (χ1n) is 9.51. The molecule has 140 valence electrons. The average molecular weight is 375 g/mol. The van der Waals surface area contributed by atoms with Gasteiger partial charge < -0.3 is 15.6 Å². The number of carbonyl (C=O) groups is 1.